The zero-order valence-corrected chi connectivity index (χ0v) is 13.8. The summed E-state index contributed by atoms with van der Waals surface area (Å²) in [6.45, 7) is 9.92. The SMILES string of the molecule is CCCC1CCN(C(=O)NC(CC(=O)O)CC(C)(C)C)C1. The maximum absolute atomic E-state index is 12.3. The number of rotatable bonds is 6. The fraction of sp³-hybridized carbons (Fsp3) is 0.875. The summed E-state index contributed by atoms with van der Waals surface area (Å²) < 4.78 is 0. The van der Waals surface area contributed by atoms with Crippen LogP contribution in [0.3, 0.4) is 0 Å². The molecule has 1 aliphatic rings. The highest BCUT2D eigenvalue weighted by Gasteiger charge is 2.28. The largest absolute Gasteiger partial charge is 0.481 e. The quantitative estimate of drug-likeness (QED) is 0.791. The van der Waals surface area contributed by atoms with Crippen LogP contribution in [-0.4, -0.2) is 41.1 Å². The van der Waals surface area contributed by atoms with E-state index >= 15 is 0 Å². The molecule has 1 rings (SSSR count). The van der Waals surface area contributed by atoms with Gasteiger partial charge in [-0.1, -0.05) is 34.1 Å². The Morgan fingerprint density at radius 3 is 2.57 bits per heavy atom. The number of likely N-dealkylation sites (tertiary alicyclic amines) is 1. The van der Waals surface area contributed by atoms with Gasteiger partial charge < -0.3 is 15.3 Å². The van der Waals surface area contributed by atoms with E-state index < -0.39 is 5.97 Å². The lowest BCUT2D eigenvalue weighted by molar-refractivity contribution is -0.137. The Kier molecular flexibility index (Phi) is 6.49. The minimum atomic E-state index is -0.866. The van der Waals surface area contributed by atoms with E-state index in [2.05, 4.69) is 33.0 Å². The first kappa shape index (κ1) is 17.8. The van der Waals surface area contributed by atoms with Gasteiger partial charge in [0.1, 0.15) is 0 Å². The van der Waals surface area contributed by atoms with E-state index in [9.17, 15) is 9.59 Å². The molecular formula is C16H30N2O3. The van der Waals surface area contributed by atoms with Crippen molar-refractivity contribution >= 4 is 12.0 Å². The molecule has 1 saturated heterocycles. The average molecular weight is 298 g/mol. The maximum Gasteiger partial charge on any atom is 0.317 e. The molecule has 0 aromatic carbocycles. The second-order valence-corrected chi connectivity index (χ2v) is 7.40. The molecule has 0 bridgehead atoms. The Labute approximate surface area is 128 Å². The van der Waals surface area contributed by atoms with Crippen molar-refractivity contribution in [1.29, 1.82) is 0 Å². The van der Waals surface area contributed by atoms with E-state index in [0.29, 0.717) is 12.3 Å². The number of urea groups is 1. The molecule has 0 saturated carbocycles. The highest BCUT2D eigenvalue weighted by molar-refractivity contribution is 5.76. The van der Waals surface area contributed by atoms with Gasteiger partial charge in [-0.25, -0.2) is 4.79 Å². The van der Waals surface area contributed by atoms with Crippen molar-refractivity contribution in [1.82, 2.24) is 10.2 Å². The van der Waals surface area contributed by atoms with Gasteiger partial charge in [-0.2, -0.15) is 0 Å². The van der Waals surface area contributed by atoms with Gasteiger partial charge in [0.25, 0.3) is 0 Å². The highest BCUT2D eigenvalue weighted by atomic mass is 16.4. The smallest absolute Gasteiger partial charge is 0.317 e. The summed E-state index contributed by atoms with van der Waals surface area (Å²) in [5.41, 5.74) is -0.0108. The van der Waals surface area contributed by atoms with Gasteiger partial charge >= 0.3 is 12.0 Å². The van der Waals surface area contributed by atoms with Gasteiger partial charge in [-0.15, -0.1) is 0 Å². The normalized spacial score (nSPS) is 20.4. The first-order valence-corrected chi connectivity index (χ1v) is 7.98. The van der Waals surface area contributed by atoms with Crippen molar-refractivity contribution in [2.24, 2.45) is 11.3 Å². The number of hydrogen-bond donors (Lipinski definition) is 2. The van der Waals surface area contributed by atoms with Gasteiger partial charge in [0.05, 0.1) is 6.42 Å². The van der Waals surface area contributed by atoms with E-state index in [1.165, 1.54) is 0 Å². The molecule has 0 aromatic heterocycles. The van der Waals surface area contributed by atoms with Crippen LogP contribution in [-0.2, 0) is 4.79 Å². The Hall–Kier alpha value is -1.26. The highest BCUT2D eigenvalue weighted by Crippen LogP contribution is 2.24. The Morgan fingerprint density at radius 1 is 1.38 bits per heavy atom. The second kappa shape index (κ2) is 7.66. The standard InChI is InChI=1S/C16H30N2O3/c1-5-6-12-7-8-18(11-12)15(21)17-13(9-14(19)20)10-16(2,3)4/h12-13H,5-11H2,1-4H3,(H,17,21)(H,19,20). The Morgan fingerprint density at radius 2 is 2.05 bits per heavy atom. The summed E-state index contributed by atoms with van der Waals surface area (Å²) in [7, 11) is 0. The number of nitrogens with zero attached hydrogens (tertiary/aromatic N) is 1. The summed E-state index contributed by atoms with van der Waals surface area (Å²) in [4.78, 5) is 25.1. The zero-order valence-electron chi connectivity index (χ0n) is 13.8. The van der Waals surface area contributed by atoms with Crippen LogP contribution in [0, 0.1) is 11.3 Å². The molecule has 5 nitrogen and oxygen atoms in total. The lowest BCUT2D eigenvalue weighted by atomic mass is 9.87. The summed E-state index contributed by atoms with van der Waals surface area (Å²) in [6.07, 6.45) is 4.01. The Balaban J connectivity index is 2.53. The first-order chi connectivity index (χ1) is 9.71. The second-order valence-electron chi connectivity index (χ2n) is 7.40. The lowest BCUT2D eigenvalue weighted by Gasteiger charge is -2.28. The third-order valence-electron chi connectivity index (χ3n) is 3.88. The van der Waals surface area contributed by atoms with Crippen LogP contribution >= 0.6 is 0 Å². The van der Waals surface area contributed by atoms with E-state index in [4.69, 9.17) is 5.11 Å². The fourth-order valence-corrected chi connectivity index (χ4v) is 3.05. The molecule has 0 radical (unpaired) electrons. The van der Waals surface area contributed by atoms with Gasteiger partial charge in [0.15, 0.2) is 0 Å². The summed E-state index contributed by atoms with van der Waals surface area (Å²) in [5, 5.41) is 11.9. The molecular weight excluding hydrogens is 268 g/mol. The molecule has 0 aliphatic carbocycles. The molecule has 2 N–H and O–H groups in total. The predicted octanol–water partition coefficient (Wildman–Crippen LogP) is 3.10. The summed E-state index contributed by atoms with van der Waals surface area (Å²) in [5.74, 6) is -0.267. The number of carboxylic acid groups (broad SMARTS) is 1. The van der Waals surface area contributed by atoms with Crippen molar-refractivity contribution in [3.63, 3.8) is 0 Å². The topological polar surface area (TPSA) is 69.6 Å². The van der Waals surface area contributed by atoms with E-state index in [1.54, 1.807) is 0 Å². The van der Waals surface area contributed by atoms with Crippen LogP contribution in [0.1, 0.15) is 59.8 Å². The fourth-order valence-electron chi connectivity index (χ4n) is 3.05. The number of amides is 2. The minimum Gasteiger partial charge on any atom is -0.481 e. The number of aliphatic carboxylic acids is 1. The van der Waals surface area contributed by atoms with Crippen LogP contribution < -0.4 is 5.32 Å². The van der Waals surface area contributed by atoms with Crippen LogP contribution in [0.15, 0.2) is 0 Å². The molecule has 2 amide bonds. The number of carbonyl (C=O) groups is 2. The van der Waals surface area contributed by atoms with Crippen LogP contribution in [0.2, 0.25) is 0 Å². The number of carbonyl (C=O) groups excluding carboxylic acids is 1. The third kappa shape index (κ3) is 6.82. The Bertz CT molecular complexity index is 363. The molecule has 2 atom stereocenters. The number of nitrogens with one attached hydrogen (secondary N) is 1. The van der Waals surface area contributed by atoms with E-state index in [-0.39, 0.29) is 23.9 Å². The van der Waals surface area contributed by atoms with Crippen molar-refractivity contribution in [3.05, 3.63) is 0 Å². The van der Waals surface area contributed by atoms with Crippen molar-refractivity contribution < 1.29 is 14.7 Å². The molecule has 1 aliphatic heterocycles. The molecule has 1 heterocycles. The van der Waals surface area contributed by atoms with Crippen LogP contribution in [0.5, 0.6) is 0 Å². The van der Waals surface area contributed by atoms with Crippen LogP contribution in [0.4, 0.5) is 4.79 Å². The molecule has 21 heavy (non-hydrogen) atoms. The van der Waals surface area contributed by atoms with Crippen LogP contribution in [0.25, 0.3) is 0 Å². The summed E-state index contributed by atoms with van der Waals surface area (Å²) >= 11 is 0. The minimum absolute atomic E-state index is 0.0108. The lowest BCUT2D eigenvalue weighted by Crippen LogP contribution is -2.46. The molecule has 0 spiro atoms. The predicted molar refractivity (Wildman–Crippen MR) is 83.2 cm³/mol. The van der Waals surface area contributed by atoms with Crippen molar-refractivity contribution in [2.45, 2.75) is 65.8 Å². The van der Waals surface area contributed by atoms with Crippen molar-refractivity contribution in [2.75, 3.05) is 13.1 Å². The third-order valence-corrected chi connectivity index (χ3v) is 3.88. The molecule has 2 unspecified atom stereocenters. The summed E-state index contributed by atoms with van der Waals surface area (Å²) in [6, 6.07) is -0.413. The zero-order chi connectivity index (χ0) is 16.0. The maximum atomic E-state index is 12.3. The van der Waals surface area contributed by atoms with E-state index in [1.807, 2.05) is 4.90 Å². The van der Waals surface area contributed by atoms with Gasteiger partial charge in [-0.3, -0.25) is 4.79 Å². The molecule has 5 heteroatoms. The molecule has 122 valence electrons. The van der Waals surface area contributed by atoms with Gasteiger partial charge in [0, 0.05) is 19.1 Å². The van der Waals surface area contributed by atoms with Crippen molar-refractivity contribution in [3.8, 4) is 0 Å². The van der Waals surface area contributed by atoms with Gasteiger partial charge in [0.2, 0.25) is 0 Å². The monoisotopic (exact) mass is 298 g/mol. The molecule has 1 fully saturated rings. The number of carboxylic acids is 1. The van der Waals surface area contributed by atoms with Gasteiger partial charge in [-0.05, 0) is 30.6 Å². The molecule has 0 aromatic rings. The first-order valence-electron chi connectivity index (χ1n) is 7.98. The van der Waals surface area contributed by atoms with E-state index in [0.717, 1.165) is 32.4 Å². The average Bonchev–Trinajstić information content (AvgIpc) is 2.74. The number of hydrogen-bond acceptors (Lipinski definition) is 2.